The zero-order valence-corrected chi connectivity index (χ0v) is 27.1. The number of hydrogen-bond donors (Lipinski definition) is 2. The van der Waals surface area contributed by atoms with Crippen LogP contribution in [-0.4, -0.2) is 26.8 Å². The maximum Gasteiger partial charge on any atom is 0.267 e. The van der Waals surface area contributed by atoms with E-state index in [0.29, 0.717) is 26.3 Å². The fourth-order valence-electron chi connectivity index (χ4n) is 4.68. The molecule has 0 unspecified atom stereocenters. The SMILES string of the molecule is O=C(Nc1cccc(-c2csc(NC(=O)c3ccc(-c4nc5ccccc5s4)s3)n2)c1)c1ccc(-c2nc3ccccc3s2)s1. The molecule has 2 N–H and O–H groups in total. The van der Waals surface area contributed by atoms with Gasteiger partial charge in [0.2, 0.25) is 0 Å². The minimum atomic E-state index is -0.213. The largest absolute Gasteiger partial charge is 0.321 e. The summed E-state index contributed by atoms with van der Waals surface area (Å²) in [6.07, 6.45) is 0. The Morgan fingerprint density at radius 1 is 0.578 bits per heavy atom. The van der Waals surface area contributed by atoms with Gasteiger partial charge in [0.15, 0.2) is 5.13 Å². The highest BCUT2D eigenvalue weighted by atomic mass is 32.1. The number of carbonyl (C=O) groups excluding carboxylic acids is 2. The topological polar surface area (TPSA) is 96.9 Å². The molecule has 0 aliphatic heterocycles. The number of thiazole rings is 3. The molecule has 0 saturated heterocycles. The number of hydrogen-bond acceptors (Lipinski definition) is 10. The van der Waals surface area contributed by atoms with E-state index in [1.807, 2.05) is 96.4 Å². The third-order valence-corrected chi connectivity index (χ3v) is 12.1. The summed E-state index contributed by atoms with van der Waals surface area (Å²) in [6.45, 7) is 0. The number of rotatable bonds is 7. The number of aromatic nitrogens is 3. The fraction of sp³-hybridized carbons (Fsp3) is 0. The molecular formula is C33H19N5O2S5. The molecule has 0 atom stereocenters. The molecule has 0 fully saturated rings. The lowest BCUT2D eigenvalue weighted by molar-refractivity contribution is 0.102. The molecule has 12 heteroatoms. The number of benzene rings is 3. The van der Waals surface area contributed by atoms with Crippen LogP contribution in [0.15, 0.2) is 102 Å². The smallest absolute Gasteiger partial charge is 0.267 e. The summed E-state index contributed by atoms with van der Waals surface area (Å²) in [4.78, 5) is 43.3. The van der Waals surface area contributed by atoms with Gasteiger partial charge >= 0.3 is 0 Å². The first-order chi connectivity index (χ1) is 22.1. The van der Waals surface area contributed by atoms with E-state index in [1.165, 1.54) is 34.0 Å². The van der Waals surface area contributed by atoms with Gasteiger partial charge in [0.05, 0.1) is 45.6 Å². The first kappa shape index (κ1) is 27.9. The van der Waals surface area contributed by atoms with Crippen LogP contribution in [0.1, 0.15) is 19.3 Å². The van der Waals surface area contributed by atoms with Crippen LogP contribution in [0.3, 0.4) is 0 Å². The predicted octanol–water partition coefficient (Wildman–Crippen LogP) is 9.99. The summed E-state index contributed by atoms with van der Waals surface area (Å²) in [5, 5.41) is 10.1. The molecule has 8 rings (SSSR count). The Labute approximate surface area is 276 Å². The Balaban J connectivity index is 0.934. The molecule has 0 radical (unpaired) electrons. The van der Waals surface area contributed by atoms with E-state index >= 15 is 0 Å². The van der Waals surface area contributed by atoms with Gasteiger partial charge in [-0.05, 0) is 60.7 Å². The van der Waals surface area contributed by atoms with Gasteiger partial charge in [-0.2, -0.15) is 0 Å². The van der Waals surface area contributed by atoms with Crippen molar-refractivity contribution < 1.29 is 9.59 Å². The number of para-hydroxylation sites is 2. The molecule has 0 spiro atoms. The van der Waals surface area contributed by atoms with E-state index in [4.69, 9.17) is 9.97 Å². The standard InChI is InChI=1S/C33H19N5O2S5/c39-29(25-12-14-27(42-25)31-35-20-8-1-3-10-23(20)44-31)34-19-7-5-6-18(16-19)22-17-41-33(37-22)38-30(40)26-13-15-28(43-26)32-36-21-9-2-4-11-24(21)45-32/h1-17H,(H,34,39)(H,37,38,40). The Kier molecular flexibility index (Phi) is 7.28. The molecule has 0 aliphatic rings. The highest BCUT2D eigenvalue weighted by Gasteiger charge is 2.17. The number of nitrogens with zero attached hydrogens (tertiary/aromatic N) is 3. The molecule has 8 aromatic rings. The third kappa shape index (κ3) is 5.70. The molecular weight excluding hydrogens is 659 g/mol. The summed E-state index contributed by atoms with van der Waals surface area (Å²) in [7, 11) is 0. The van der Waals surface area contributed by atoms with Gasteiger partial charge in [0, 0.05) is 16.6 Å². The highest BCUT2D eigenvalue weighted by Crippen LogP contribution is 2.36. The zero-order valence-electron chi connectivity index (χ0n) is 23.0. The van der Waals surface area contributed by atoms with Crippen molar-refractivity contribution in [1.82, 2.24) is 15.0 Å². The van der Waals surface area contributed by atoms with E-state index in [2.05, 4.69) is 21.7 Å². The van der Waals surface area contributed by atoms with Crippen molar-refractivity contribution in [3.63, 3.8) is 0 Å². The van der Waals surface area contributed by atoms with E-state index in [-0.39, 0.29) is 11.8 Å². The lowest BCUT2D eigenvalue weighted by Crippen LogP contribution is -2.10. The van der Waals surface area contributed by atoms with E-state index in [1.54, 1.807) is 22.7 Å². The molecule has 218 valence electrons. The minimum absolute atomic E-state index is 0.183. The number of thiophene rings is 2. The molecule has 0 aliphatic carbocycles. The van der Waals surface area contributed by atoms with Crippen molar-refractivity contribution in [2.75, 3.05) is 10.6 Å². The van der Waals surface area contributed by atoms with E-state index in [9.17, 15) is 9.59 Å². The molecule has 0 bridgehead atoms. The van der Waals surface area contributed by atoms with Crippen molar-refractivity contribution >= 4 is 99.8 Å². The van der Waals surface area contributed by atoms with Crippen LogP contribution in [0, 0.1) is 0 Å². The number of anilines is 2. The summed E-state index contributed by atoms with van der Waals surface area (Å²) in [5.74, 6) is -0.396. The first-order valence-corrected chi connectivity index (χ1v) is 17.8. The van der Waals surface area contributed by atoms with Gasteiger partial charge in [0.1, 0.15) is 10.0 Å². The van der Waals surface area contributed by atoms with Crippen molar-refractivity contribution in [3.8, 4) is 31.0 Å². The van der Waals surface area contributed by atoms with Crippen LogP contribution in [0.5, 0.6) is 0 Å². The average molecular weight is 678 g/mol. The Morgan fingerprint density at radius 2 is 1.18 bits per heavy atom. The second-order valence-corrected chi connectivity index (χ2v) is 14.9. The van der Waals surface area contributed by atoms with Gasteiger partial charge in [-0.1, -0.05) is 36.4 Å². The second-order valence-electron chi connectivity index (χ2n) is 9.83. The first-order valence-electron chi connectivity index (χ1n) is 13.7. The lowest BCUT2D eigenvalue weighted by atomic mass is 10.1. The summed E-state index contributed by atoms with van der Waals surface area (Å²) >= 11 is 7.41. The number of amides is 2. The van der Waals surface area contributed by atoms with Crippen molar-refractivity contribution in [2.24, 2.45) is 0 Å². The minimum Gasteiger partial charge on any atom is -0.321 e. The fourth-order valence-corrected chi connectivity index (χ4v) is 9.23. The van der Waals surface area contributed by atoms with Gasteiger partial charge in [0.25, 0.3) is 11.8 Å². The molecule has 3 aromatic carbocycles. The lowest BCUT2D eigenvalue weighted by Gasteiger charge is -2.05. The number of fused-ring (bicyclic) bond motifs is 2. The summed E-state index contributed by atoms with van der Waals surface area (Å²) in [5.41, 5.74) is 4.12. The quantitative estimate of drug-likeness (QED) is 0.175. The molecule has 5 aromatic heterocycles. The molecule has 5 heterocycles. The number of carbonyl (C=O) groups is 2. The molecule has 45 heavy (non-hydrogen) atoms. The molecule has 2 amide bonds. The third-order valence-electron chi connectivity index (χ3n) is 6.81. The predicted molar refractivity (Wildman–Crippen MR) is 189 cm³/mol. The van der Waals surface area contributed by atoms with Crippen LogP contribution in [-0.2, 0) is 0 Å². The van der Waals surface area contributed by atoms with Crippen molar-refractivity contribution in [2.45, 2.75) is 0 Å². The normalized spacial score (nSPS) is 11.3. The van der Waals surface area contributed by atoms with Crippen LogP contribution < -0.4 is 10.6 Å². The Morgan fingerprint density at radius 3 is 1.80 bits per heavy atom. The van der Waals surface area contributed by atoms with Gasteiger partial charge < -0.3 is 5.32 Å². The Bertz CT molecular complexity index is 2300. The zero-order chi connectivity index (χ0) is 30.3. The van der Waals surface area contributed by atoms with Crippen LogP contribution >= 0.6 is 56.7 Å². The van der Waals surface area contributed by atoms with Gasteiger partial charge in [-0.3, -0.25) is 14.9 Å². The van der Waals surface area contributed by atoms with Gasteiger partial charge in [-0.25, -0.2) is 15.0 Å². The summed E-state index contributed by atoms with van der Waals surface area (Å²) in [6, 6.07) is 31.1. The Hall–Kier alpha value is -4.59. The van der Waals surface area contributed by atoms with E-state index < -0.39 is 0 Å². The van der Waals surface area contributed by atoms with E-state index in [0.717, 1.165) is 45.8 Å². The number of nitrogens with one attached hydrogen (secondary N) is 2. The highest BCUT2D eigenvalue weighted by molar-refractivity contribution is 7.26. The average Bonchev–Trinajstić information content (AvgIpc) is 3.89. The summed E-state index contributed by atoms with van der Waals surface area (Å²) < 4.78 is 2.24. The molecule has 0 saturated carbocycles. The van der Waals surface area contributed by atoms with Crippen molar-refractivity contribution in [1.29, 1.82) is 0 Å². The van der Waals surface area contributed by atoms with Crippen molar-refractivity contribution in [3.05, 3.63) is 112 Å². The van der Waals surface area contributed by atoms with Crippen LogP contribution in [0.25, 0.3) is 51.5 Å². The van der Waals surface area contributed by atoms with Crippen LogP contribution in [0.2, 0.25) is 0 Å². The van der Waals surface area contributed by atoms with Crippen LogP contribution in [0.4, 0.5) is 10.8 Å². The molecule has 7 nitrogen and oxygen atoms in total. The second kappa shape index (κ2) is 11.7. The monoisotopic (exact) mass is 677 g/mol. The van der Waals surface area contributed by atoms with Gasteiger partial charge in [-0.15, -0.1) is 56.7 Å². The maximum absolute atomic E-state index is 13.1. The maximum atomic E-state index is 13.1.